The summed E-state index contributed by atoms with van der Waals surface area (Å²) in [4.78, 5) is 19.8. The highest BCUT2D eigenvalue weighted by Crippen LogP contribution is 2.18. The zero-order valence-electron chi connectivity index (χ0n) is 11.3. The summed E-state index contributed by atoms with van der Waals surface area (Å²) in [6.07, 6.45) is 1.48. The lowest BCUT2D eigenvalue weighted by Gasteiger charge is -2.21. The lowest BCUT2D eigenvalue weighted by Crippen LogP contribution is -2.29. The molecule has 100 valence electrons. The Kier molecular flexibility index (Phi) is 4.91. The molecule has 0 aliphatic rings. The van der Waals surface area contributed by atoms with Crippen molar-refractivity contribution in [3.63, 3.8) is 0 Å². The summed E-state index contributed by atoms with van der Waals surface area (Å²) in [6.45, 7) is 1.71. The molecule has 0 saturated heterocycles. The van der Waals surface area contributed by atoms with Gasteiger partial charge in [0.15, 0.2) is 0 Å². The van der Waals surface area contributed by atoms with Crippen molar-refractivity contribution in [3.05, 3.63) is 17.8 Å². The van der Waals surface area contributed by atoms with Crippen LogP contribution in [0.2, 0.25) is 0 Å². The van der Waals surface area contributed by atoms with Gasteiger partial charge in [0, 0.05) is 20.1 Å². The van der Waals surface area contributed by atoms with Crippen LogP contribution in [0.15, 0.2) is 12.3 Å². The third kappa shape index (κ3) is 3.59. The van der Waals surface area contributed by atoms with Gasteiger partial charge in [-0.3, -0.25) is 0 Å². The second-order valence-electron chi connectivity index (χ2n) is 4.35. The fraction of sp³-hybridized carbons (Fsp3) is 0.500. The Morgan fingerprint density at radius 2 is 2.06 bits per heavy atom. The van der Waals surface area contributed by atoms with E-state index in [4.69, 9.17) is 5.73 Å². The standard InChI is InChI=1S/C12H20N4O2/c1-15(2)5-6-16(3)11-7-9(12(17)18-4)10(13)8-14-11/h7-8H,5-6,13H2,1-4H3. The molecular weight excluding hydrogens is 232 g/mol. The zero-order valence-corrected chi connectivity index (χ0v) is 11.3. The third-order valence-corrected chi connectivity index (χ3v) is 2.60. The van der Waals surface area contributed by atoms with Crippen LogP contribution in [-0.4, -0.2) is 57.2 Å². The van der Waals surface area contributed by atoms with Gasteiger partial charge in [0.25, 0.3) is 0 Å². The van der Waals surface area contributed by atoms with Crippen molar-refractivity contribution in [3.8, 4) is 0 Å². The Morgan fingerprint density at radius 3 is 2.61 bits per heavy atom. The van der Waals surface area contributed by atoms with Crippen LogP contribution in [0, 0.1) is 0 Å². The first-order valence-electron chi connectivity index (χ1n) is 5.65. The predicted molar refractivity (Wildman–Crippen MR) is 71.8 cm³/mol. The average molecular weight is 252 g/mol. The summed E-state index contributed by atoms with van der Waals surface area (Å²) in [5.74, 6) is 0.253. The number of nitrogens with two attached hydrogens (primary N) is 1. The van der Waals surface area contributed by atoms with Crippen LogP contribution < -0.4 is 10.6 Å². The summed E-state index contributed by atoms with van der Waals surface area (Å²) < 4.78 is 4.68. The lowest BCUT2D eigenvalue weighted by atomic mass is 10.2. The monoisotopic (exact) mass is 252 g/mol. The molecule has 0 aliphatic carbocycles. The molecule has 1 heterocycles. The Morgan fingerprint density at radius 1 is 1.39 bits per heavy atom. The van der Waals surface area contributed by atoms with Crippen LogP contribution in [0.3, 0.4) is 0 Å². The number of methoxy groups -OCH3 is 1. The SMILES string of the molecule is COC(=O)c1cc(N(C)CCN(C)C)ncc1N. The molecule has 0 saturated carbocycles. The Bertz CT molecular complexity index is 421. The minimum Gasteiger partial charge on any atom is -0.465 e. The number of carbonyl (C=O) groups excluding carboxylic acids is 1. The molecule has 0 bridgehead atoms. The van der Waals surface area contributed by atoms with E-state index >= 15 is 0 Å². The highest BCUT2D eigenvalue weighted by atomic mass is 16.5. The van der Waals surface area contributed by atoms with Crippen molar-refractivity contribution >= 4 is 17.5 Å². The first kappa shape index (κ1) is 14.2. The molecule has 2 N–H and O–H groups in total. The lowest BCUT2D eigenvalue weighted by molar-refractivity contribution is 0.0602. The molecule has 6 heteroatoms. The van der Waals surface area contributed by atoms with Gasteiger partial charge in [-0.2, -0.15) is 0 Å². The van der Waals surface area contributed by atoms with E-state index in [1.807, 2.05) is 26.0 Å². The first-order chi connectivity index (χ1) is 8.45. The minimum absolute atomic E-state index is 0.326. The summed E-state index contributed by atoms with van der Waals surface area (Å²) in [7, 11) is 7.26. The highest BCUT2D eigenvalue weighted by molar-refractivity contribution is 5.95. The number of esters is 1. The summed E-state index contributed by atoms with van der Waals surface area (Å²) in [6, 6.07) is 1.65. The van der Waals surface area contributed by atoms with E-state index in [1.54, 1.807) is 6.07 Å². The number of hydrogen-bond acceptors (Lipinski definition) is 6. The van der Waals surface area contributed by atoms with Crippen LogP contribution >= 0.6 is 0 Å². The summed E-state index contributed by atoms with van der Waals surface area (Å²) in [5.41, 5.74) is 6.37. The molecule has 1 aromatic heterocycles. The molecule has 1 rings (SSSR count). The molecule has 0 fully saturated rings. The molecular formula is C12H20N4O2. The maximum atomic E-state index is 11.5. The molecule has 0 amide bonds. The zero-order chi connectivity index (χ0) is 13.7. The molecule has 0 aromatic carbocycles. The average Bonchev–Trinajstić information content (AvgIpc) is 2.35. The van der Waals surface area contributed by atoms with Crippen molar-refractivity contribution in [1.82, 2.24) is 9.88 Å². The van der Waals surface area contributed by atoms with E-state index in [2.05, 4.69) is 14.6 Å². The first-order valence-corrected chi connectivity index (χ1v) is 5.65. The van der Waals surface area contributed by atoms with E-state index in [1.165, 1.54) is 13.3 Å². The summed E-state index contributed by atoms with van der Waals surface area (Å²) in [5, 5.41) is 0. The number of likely N-dealkylation sites (N-methyl/N-ethyl adjacent to an activating group) is 2. The van der Waals surface area contributed by atoms with Crippen molar-refractivity contribution < 1.29 is 9.53 Å². The maximum Gasteiger partial charge on any atom is 0.340 e. The van der Waals surface area contributed by atoms with Gasteiger partial charge in [-0.05, 0) is 20.2 Å². The fourth-order valence-corrected chi connectivity index (χ4v) is 1.41. The van der Waals surface area contributed by atoms with Gasteiger partial charge in [0.1, 0.15) is 5.82 Å². The number of anilines is 2. The van der Waals surface area contributed by atoms with E-state index < -0.39 is 5.97 Å². The van der Waals surface area contributed by atoms with Gasteiger partial charge >= 0.3 is 5.97 Å². The largest absolute Gasteiger partial charge is 0.465 e. The van der Waals surface area contributed by atoms with E-state index in [-0.39, 0.29) is 0 Å². The molecule has 0 radical (unpaired) electrons. The fourth-order valence-electron chi connectivity index (χ4n) is 1.41. The van der Waals surface area contributed by atoms with Gasteiger partial charge in [-0.15, -0.1) is 0 Å². The molecule has 0 spiro atoms. The molecule has 0 unspecified atom stereocenters. The molecule has 6 nitrogen and oxygen atoms in total. The quantitative estimate of drug-likeness (QED) is 0.767. The van der Waals surface area contributed by atoms with Crippen molar-refractivity contribution in [2.75, 3.05) is 52.0 Å². The van der Waals surface area contributed by atoms with Gasteiger partial charge in [0.05, 0.1) is 24.6 Å². The highest BCUT2D eigenvalue weighted by Gasteiger charge is 2.13. The van der Waals surface area contributed by atoms with Gasteiger partial charge in [-0.1, -0.05) is 0 Å². The summed E-state index contributed by atoms with van der Waals surface area (Å²) >= 11 is 0. The third-order valence-electron chi connectivity index (χ3n) is 2.60. The van der Waals surface area contributed by atoms with Crippen LogP contribution in [0.4, 0.5) is 11.5 Å². The van der Waals surface area contributed by atoms with E-state index in [9.17, 15) is 4.79 Å². The van der Waals surface area contributed by atoms with Gasteiger partial charge in [0.2, 0.25) is 0 Å². The van der Waals surface area contributed by atoms with Gasteiger partial charge < -0.3 is 20.3 Å². The number of carbonyl (C=O) groups is 1. The number of hydrogen-bond donors (Lipinski definition) is 1. The van der Waals surface area contributed by atoms with Gasteiger partial charge in [-0.25, -0.2) is 9.78 Å². The predicted octanol–water partition coefficient (Wildman–Crippen LogP) is 0.448. The van der Waals surface area contributed by atoms with E-state index in [0.717, 1.165) is 13.1 Å². The maximum absolute atomic E-state index is 11.5. The van der Waals surface area contributed by atoms with Crippen LogP contribution in [0.1, 0.15) is 10.4 Å². The number of aromatic nitrogens is 1. The number of rotatable bonds is 5. The van der Waals surface area contributed by atoms with Crippen molar-refractivity contribution in [2.24, 2.45) is 0 Å². The topological polar surface area (TPSA) is 71.7 Å². The second-order valence-corrected chi connectivity index (χ2v) is 4.35. The number of nitrogens with zero attached hydrogens (tertiary/aromatic N) is 3. The Balaban J connectivity index is 2.87. The van der Waals surface area contributed by atoms with Crippen molar-refractivity contribution in [1.29, 1.82) is 0 Å². The molecule has 18 heavy (non-hydrogen) atoms. The smallest absolute Gasteiger partial charge is 0.340 e. The Labute approximate surface area is 107 Å². The second kappa shape index (κ2) is 6.20. The normalized spacial score (nSPS) is 10.5. The molecule has 0 aliphatic heterocycles. The van der Waals surface area contributed by atoms with Crippen LogP contribution in [-0.2, 0) is 4.74 Å². The van der Waals surface area contributed by atoms with Crippen LogP contribution in [0.25, 0.3) is 0 Å². The number of nitrogen functional groups attached to an aromatic ring is 1. The molecule has 1 aromatic rings. The van der Waals surface area contributed by atoms with Crippen LogP contribution in [0.5, 0.6) is 0 Å². The number of pyridine rings is 1. The van der Waals surface area contributed by atoms with Crippen molar-refractivity contribution in [2.45, 2.75) is 0 Å². The number of ether oxygens (including phenoxy) is 1. The van der Waals surface area contributed by atoms with E-state index in [0.29, 0.717) is 17.1 Å². The minimum atomic E-state index is -0.447. The molecule has 0 atom stereocenters. The Hall–Kier alpha value is -1.82.